The van der Waals surface area contributed by atoms with Crippen LogP contribution in [0.2, 0.25) is 0 Å². The number of fused-ring (bicyclic) bond motifs is 5. The van der Waals surface area contributed by atoms with E-state index in [0.717, 1.165) is 56.3 Å². The highest BCUT2D eigenvalue weighted by Crippen LogP contribution is 2.67. The van der Waals surface area contributed by atoms with Gasteiger partial charge in [-0.05, 0) is 85.4 Å². The van der Waals surface area contributed by atoms with Crippen LogP contribution in [0.4, 0.5) is 0 Å². The Kier molecular flexibility index (Phi) is 7.63. The fourth-order valence-corrected chi connectivity index (χ4v) is 8.93. The van der Waals surface area contributed by atoms with Gasteiger partial charge in [-0.2, -0.15) is 0 Å². The van der Waals surface area contributed by atoms with Crippen molar-refractivity contribution in [1.29, 1.82) is 0 Å². The van der Waals surface area contributed by atoms with Crippen LogP contribution in [0.25, 0.3) is 0 Å². The number of ketones is 1. The fourth-order valence-electron chi connectivity index (χ4n) is 8.93. The van der Waals surface area contributed by atoms with E-state index in [2.05, 4.69) is 13.8 Å². The van der Waals surface area contributed by atoms with Crippen LogP contribution in [0.1, 0.15) is 110 Å². The SMILES string of the molecule is CN(C)C(=O)CCCCCCCC1CC2CC(=O)CC[C@]2(C)[C@@H]2CC[C@]3(C)C(O)CC[C@H]3[C@H]12. The van der Waals surface area contributed by atoms with Gasteiger partial charge in [0.05, 0.1) is 6.10 Å². The molecule has 4 heteroatoms. The van der Waals surface area contributed by atoms with E-state index >= 15 is 0 Å². The van der Waals surface area contributed by atoms with Crippen LogP contribution in [-0.2, 0) is 9.59 Å². The maximum atomic E-state index is 12.4. The maximum Gasteiger partial charge on any atom is 0.222 e. The van der Waals surface area contributed by atoms with Gasteiger partial charge in [0.1, 0.15) is 5.78 Å². The number of aliphatic hydroxyl groups excluding tert-OH is 1. The molecule has 0 saturated heterocycles. The van der Waals surface area contributed by atoms with E-state index in [9.17, 15) is 14.7 Å². The zero-order valence-electron chi connectivity index (χ0n) is 21.8. The molecule has 0 radical (unpaired) electrons. The van der Waals surface area contributed by atoms with Crippen LogP contribution in [-0.4, -0.2) is 41.9 Å². The Morgan fingerprint density at radius 2 is 1.67 bits per heavy atom. The summed E-state index contributed by atoms with van der Waals surface area (Å²) in [7, 11) is 3.68. The summed E-state index contributed by atoms with van der Waals surface area (Å²) in [6, 6.07) is 0. The fraction of sp³-hybridized carbons (Fsp3) is 0.931. The number of carbonyl (C=O) groups excluding carboxylic acids is 2. The second-order valence-corrected chi connectivity index (χ2v) is 13.0. The van der Waals surface area contributed by atoms with E-state index in [1.807, 2.05) is 14.1 Å². The molecule has 33 heavy (non-hydrogen) atoms. The molecular formula is C29H49NO3. The van der Waals surface area contributed by atoms with Crippen molar-refractivity contribution in [2.45, 2.75) is 116 Å². The molecule has 0 aromatic heterocycles. The van der Waals surface area contributed by atoms with Gasteiger partial charge in [-0.15, -0.1) is 0 Å². The summed E-state index contributed by atoms with van der Waals surface area (Å²) in [6.45, 7) is 4.91. The van der Waals surface area contributed by atoms with Crippen LogP contribution in [0, 0.1) is 40.4 Å². The van der Waals surface area contributed by atoms with Crippen molar-refractivity contribution in [2.75, 3.05) is 14.1 Å². The van der Waals surface area contributed by atoms with E-state index in [1.54, 1.807) is 4.90 Å². The highest BCUT2D eigenvalue weighted by Gasteiger charge is 2.62. The highest BCUT2D eigenvalue weighted by atomic mass is 16.3. The van der Waals surface area contributed by atoms with Gasteiger partial charge in [-0.3, -0.25) is 9.59 Å². The van der Waals surface area contributed by atoms with Gasteiger partial charge in [0.25, 0.3) is 0 Å². The van der Waals surface area contributed by atoms with Gasteiger partial charge in [-0.25, -0.2) is 0 Å². The molecule has 0 spiro atoms. The van der Waals surface area contributed by atoms with Gasteiger partial charge in [0.2, 0.25) is 5.91 Å². The third kappa shape index (κ3) is 4.80. The molecule has 188 valence electrons. The lowest BCUT2D eigenvalue weighted by Gasteiger charge is -2.62. The largest absolute Gasteiger partial charge is 0.393 e. The molecule has 3 unspecified atom stereocenters. The number of amides is 1. The Morgan fingerprint density at radius 3 is 2.42 bits per heavy atom. The number of Topliss-reactive ketones (excluding diaryl/α,β-unsaturated/α-hetero) is 1. The van der Waals surface area contributed by atoms with Crippen molar-refractivity contribution >= 4 is 11.7 Å². The van der Waals surface area contributed by atoms with E-state index in [1.165, 1.54) is 51.4 Å². The molecule has 0 aromatic rings. The van der Waals surface area contributed by atoms with E-state index in [0.29, 0.717) is 29.5 Å². The third-order valence-electron chi connectivity index (χ3n) is 11.1. The topological polar surface area (TPSA) is 57.6 Å². The smallest absolute Gasteiger partial charge is 0.222 e. The number of hydrogen-bond acceptors (Lipinski definition) is 3. The quantitative estimate of drug-likeness (QED) is 0.453. The van der Waals surface area contributed by atoms with Crippen molar-refractivity contribution in [3.05, 3.63) is 0 Å². The molecule has 4 fully saturated rings. The molecule has 0 heterocycles. The number of unbranched alkanes of at least 4 members (excludes halogenated alkanes) is 4. The number of hydrogen-bond donors (Lipinski definition) is 1. The van der Waals surface area contributed by atoms with Crippen LogP contribution in [0.5, 0.6) is 0 Å². The Hall–Kier alpha value is -0.900. The second kappa shape index (κ2) is 9.99. The minimum absolute atomic E-state index is 0.117. The maximum absolute atomic E-state index is 12.4. The molecule has 1 amide bonds. The lowest BCUT2D eigenvalue weighted by Crippen LogP contribution is -2.57. The molecule has 8 atom stereocenters. The van der Waals surface area contributed by atoms with E-state index < -0.39 is 0 Å². The zero-order valence-corrected chi connectivity index (χ0v) is 21.8. The molecule has 4 rings (SSSR count). The van der Waals surface area contributed by atoms with Crippen molar-refractivity contribution < 1.29 is 14.7 Å². The molecule has 1 N–H and O–H groups in total. The van der Waals surface area contributed by atoms with Gasteiger partial charge in [0, 0.05) is 33.4 Å². The first-order valence-electron chi connectivity index (χ1n) is 14.1. The van der Waals surface area contributed by atoms with Crippen LogP contribution >= 0.6 is 0 Å². The Bertz CT molecular complexity index is 720. The summed E-state index contributed by atoms with van der Waals surface area (Å²) in [6.07, 6.45) is 16.3. The minimum Gasteiger partial charge on any atom is -0.393 e. The Balaban J connectivity index is 1.38. The Labute approximate surface area is 202 Å². The molecule has 4 aliphatic carbocycles. The zero-order chi connectivity index (χ0) is 23.8. The van der Waals surface area contributed by atoms with Crippen LogP contribution in [0.15, 0.2) is 0 Å². The lowest BCUT2D eigenvalue weighted by atomic mass is 9.42. The predicted molar refractivity (Wildman–Crippen MR) is 133 cm³/mol. The standard InChI is InChI=1S/C29H49NO3/c1-28-16-14-22(31)19-21(28)18-20(10-8-6-5-7-9-11-26(33)30(3)4)27-23-12-13-25(32)29(23,2)17-15-24(27)28/h20-21,23-25,27,32H,5-19H2,1-4H3/t20?,21?,23-,24+,25?,27-,28-,29-/m0/s1. The summed E-state index contributed by atoms with van der Waals surface area (Å²) in [4.78, 5) is 25.9. The van der Waals surface area contributed by atoms with Crippen molar-refractivity contribution in [2.24, 2.45) is 40.4 Å². The summed E-state index contributed by atoms with van der Waals surface area (Å²) >= 11 is 0. The van der Waals surface area contributed by atoms with Gasteiger partial charge < -0.3 is 10.0 Å². The summed E-state index contributed by atoms with van der Waals surface area (Å²) < 4.78 is 0. The molecule has 0 bridgehead atoms. The molecule has 0 aliphatic heterocycles. The molecular weight excluding hydrogens is 410 g/mol. The number of rotatable bonds is 8. The van der Waals surface area contributed by atoms with E-state index in [4.69, 9.17) is 0 Å². The normalized spacial score (nSPS) is 42.4. The first-order chi connectivity index (χ1) is 15.7. The number of nitrogens with zero attached hydrogens (tertiary/aromatic N) is 1. The van der Waals surface area contributed by atoms with Crippen LogP contribution in [0.3, 0.4) is 0 Å². The molecule has 0 aromatic carbocycles. The van der Waals surface area contributed by atoms with Crippen LogP contribution < -0.4 is 0 Å². The molecule has 4 saturated carbocycles. The van der Waals surface area contributed by atoms with Gasteiger partial charge >= 0.3 is 0 Å². The van der Waals surface area contributed by atoms with Crippen molar-refractivity contribution in [1.82, 2.24) is 4.90 Å². The first kappa shape index (κ1) is 25.2. The van der Waals surface area contributed by atoms with Crippen molar-refractivity contribution in [3.8, 4) is 0 Å². The van der Waals surface area contributed by atoms with Crippen molar-refractivity contribution in [3.63, 3.8) is 0 Å². The monoisotopic (exact) mass is 459 g/mol. The average Bonchev–Trinajstić information content (AvgIpc) is 3.08. The van der Waals surface area contributed by atoms with E-state index in [-0.39, 0.29) is 17.4 Å². The molecule has 4 nitrogen and oxygen atoms in total. The lowest BCUT2D eigenvalue weighted by molar-refractivity contribution is -0.156. The third-order valence-corrected chi connectivity index (χ3v) is 11.1. The second-order valence-electron chi connectivity index (χ2n) is 13.0. The predicted octanol–water partition coefficient (Wildman–Crippen LogP) is 6.00. The summed E-state index contributed by atoms with van der Waals surface area (Å²) in [5.74, 6) is 4.21. The highest BCUT2D eigenvalue weighted by molar-refractivity contribution is 5.79. The van der Waals surface area contributed by atoms with Gasteiger partial charge in [0.15, 0.2) is 0 Å². The van der Waals surface area contributed by atoms with Gasteiger partial charge in [-0.1, -0.05) is 46.0 Å². The number of aliphatic hydroxyl groups is 1. The first-order valence-corrected chi connectivity index (χ1v) is 14.1. The summed E-state index contributed by atoms with van der Waals surface area (Å²) in [5, 5.41) is 10.9. The molecule has 4 aliphatic rings. The minimum atomic E-state index is -0.118. The average molecular weight is 460 g/mol. The number of carbonyl (C=O) groups is 2. The Morgan fingerprint density at radius 1 is 0.970 bits per heavy atom. The summed E-state index contributed by atoms with van der Waals surface area (Å²) in [5.41, 5.74) is 0.453.